The van der Waals surface area contributed by atoms with Crippen LogP contribution in [0.4, 0.5) is 0 Å². The van der Waals surface area contributed by atoms with E-state index in [0.29, 0.717) is 12.8 Å². The highest BCUT2D eigenvalue weighted by Gasteiger charge is 2.28. The van der Waals surface area contributed by atoms with Crippen LogP contribution in [0.25, 0.3) is 0 Å². The lowest BCUT2D eigenvalue weighted by Crippen LogP contribution is -2.53. The second-order valence-corrected chi connectivity index (χ2v) is 23.2. The maximum absolute atomic E-state index is 12.6. The van der Waals surface area contributed by atoms with Crippen molar-refractivity contribution in [3.63, 3.8) is 0 Å². The molecule has 0 aliphatic heterocycles. The Bertz CT molecular complexity index is 1050. The van der Waals surface area contributed by atoms with Crippen molar-refractivity contribution in [1.29, 1.82) is 0 Å². The molecule has 5 N–H and O–H groups in total. The number of hydrogen-bond acceptors (Lipinski definition) is 5. The van der Waals surface area contributed by atoms with Crippen molar-refractivity contribution in [1.82, 2.24) is 5.32 Å². The normalized spacial score (nSPS) is 13.6. The van der Waals surface area contributed by atoms with E-state index < -0.39 is 36.9 Å². The van der Waals surface area contributed by atoms with Crippen LogP contribution in [0.1, 0.15) is 373 Å². The van der Waals surface area contributed by atoms with E-state index in [0.717, 1.165) is 38.5 Å². The van der Waals surface area contributed by atoms with Gasteiger partial charge >= 0.3 is 0 Å². The SMILES string of the molecule is CCCCCCCCCCCCCCCCCCCCCCC/C=C/CCCC(O)C(O)C(CO)NC(=O)C(O)CCCCCCCCCCCCCCCCCCCCCCCCCCCCCCCC. The minimum atomic E-state index is -1.28. The first kappa shape index (κ1) is 71.0. The summed E-state index contributed by atoms with van der Waals surface area (Å²) in [6, 6.07) is -1.000. The third-order valence-electron chi connectivity index (χ3n) is 16.0. The average Bonchev–Trinajstić information content (AvgIpc) is 3.39. The number of carbonyl (C=O) groups is 1. The van der Waals surface area contributed by atoms with Gasteiger partial charge in [0.05, 0.1) is 18.8 Å². The van der Waals surface area contributed by atoms with Crippen LogP contribution in [0.15, 0.2) is 12.2 Å². The van der Waals surface area contributed by atoms with Crippen LogP contribution in [-0.4, -0.2) is 57.3 Å². The van der Waals surface area contributed by atoms with E-state index in [2.05, 4.69) is 31.3 Å². The maximum Gasteiger partial charge on any atom is 0.249 e. The Morgan fingerprint density at radius 2 is 0.569 bits per heavy atom. The van der Waals surface area contributed by atoms with Crippen molar-refractivity contribution < 1.29 is 25.2 Å². The number of unbranched alkanes of at least 4 members (excludes halogenated alkanes) is 51. The lowest BCUT2D eigenvalue weighted by atomic mass is 10.00. The van der Waals surface area contributed by atoms with Gasteiger partial charge in [-0.1, -0.05) is 347 Å². The molecule has 0 bridgehead atoms. The number of carbonyl (C=O) groups excluding carboxylic acids is 1. The summed E-state index contributed by atoms with van der Waals surface area (Å²) in [6.45, 7) is 4.10. The summed E-state index contributed by atoms with van der Waals surface area (Å²) >= 11 is 0. The van der Waals surface area contributed by atoms with Crippen molar-refractivity contribution >= 4 is 5.91 Å². The third kappa shape index (κ3) is 53.9. The molecular weight excluding hydrogens is 887 g/mol. The van der Waals surface area contributed by atoms with E-state index in [4.69, 9.17) is 0 Å². The second-order valence-electron chi connectivity index (χ2n) is 23.2. The summed E-state index contributed by atoms with van der Waals surface area (Å²) in [4.78, 5) is 12.6. The number of amides is 1. The van der Waals surface area contributed by atoms with Crippen molar-refractivity contribution in [3.8, 4) is 0 Å². The Kier molecular flexibility index (Phi) is 60.1. The van der Waals surface area contributed by atoms with Gasteiger partial charge in [-0.05, 0) is 38.5 Å². The molecule has 0 radical (unpaired) electrons. The van der Waals surface area contributed by atoms with Crippen LogP contribution < -0.4 is 5.32 Å². The Balaban J connectivity index is 3.56. The molecule has 0 aliphatic carbocycles. The highest BCUT2D eigenvalue weighted by Crippen LogP contribution is 2.19. The molecule has 0 rings (SSSR count). The van der Waals surface area contributed by atoms with Gasteiger partial charge < -0.3 is 25.7 Å². The Morgan fingerprint density at radius 1 is 0.333 bits per heavy atom. The van der Waals surface area contributed by atoms with E-state index in [1.54, 1.807) is 0 Å². The first-order valence-corrected chi connectivity index (χ1v) is 33.1. The number of aliphatic hydroxyl groups is 4. The molecule has 0 heterocycles. The van der Waals surface area contributed by atoms with Crippen LogP contribution in [0.3, 0.4) is 0 Å². The van der Waals surface area contributed by atoms with Gasteiger partial charge in [-0.25, -0.2) is 0 Å². The minimum Gasteiger partial charge on any atom is -0.394 e. The van der Waals surface area contributed by atoms with Gasteiger partial charge in [-0.15, -0.1) is 0 Å². The molecule has 72 heavy (non-hydrogen) atoms. The zero-order valence-corrected chi connectivity index (χ0v) is 49.0. The van der Waals surface area contributed by atoms with Gasteiger partial charge in [0.2, 0.25) is 5.91 Å². The fraction of sp³-hybridized carbons (Fsp3) is 0.955. The third-order valence-corrected chi connectivity index (χ3v) is 16.0. The molecule has 1 amide bonds. The van der Waals surface area contributed by atoms with Gasteiger partial charge in [0.1, 0.15) is 12.2 Å². The standard InChI is InChI=1S/C66H131NO5/c1-3-5-7-9-11-13-15-17-19-21-23-25-27-29-31-32-33-34-36-38-40-42-44-46-48-50-52-54-56-58-60-64(70)66(72)67-62(61-68)65(71)63(69)59-57-55-53-51-49-47-45-43-41-39-37-35-30-28-26-24-22-20-18-16-14-12-10-8-6-4-2/h51,53,62-65,68-71H,3-50,52,54-61H2,1-2H3,(H,67,72)/b53-51+. The van der Waals surface area contributed by atoms with Crippen molar-refractivity contribution in [2.75, 3.05) is 6.61 Å². The molecule has 430 valence electrons. The molecular formula is C66H131NO5. The van der Waals surface area contributed by atoms with E-state index >= 15 is 0 Å². The molecule has 0 aromatic heterocycles. The summed E-state index contributed by atoms with van der Waals surface area (Å²) in [6.07, 6.45) is 74.7. The fourth-order valence-corrected chi connectivity index (χ4v) is 10.8. The molecule has 0 saturated heterocycles. The summed E-state index contributed by atoms with van der Waals surface area (Å²) in [7, 11) is 0. The lowest BCUT2D eigenvalue weighted by molar-refractivity contribution is -0.132. The molecule has 6 heteroatoms. The molecule has 0 aromatic rings. The molecule has 0 fully saturated rings. The maximum atomic E-state index is 12.6. The second kappa shape index (κ2) is 60.9. The van der Waals surface area contributed by atoms with Crippen LogP contribution >= 0.6 is 0 Å². The van der Waals surface area contributed by atoms with Crippen LogP contribution in [-0.2, 0) is 4.79 Å². The Hall–Kier alpha value is -0.950. The molecule has 0 aliphatic rings. The van der Waals surface area contributed by atoms with E-state index in [1.807, 2.05) is 0 Å². The minimum absolute atomic E-state index is 0.369. The van der Waals surface area contributed by atoms with Gasteiger partial charge in [-0.3, -0.25) is 4.79 Å². The number of aliphatic hydroxyl groups excluding tert-OH is 4. The number of hydrogen-bond donors (Lipinski definition) is 5. The summed E-state index contributed by atoms with van der Waals surface area (Å²) < 4.78 is 0. The average molecular weight is 1020 g/mol. The molecule has 4 atom stereocenters. The van der Waals surface area contributed by atoms with Crippen molar-refractivity contribution in [2.45, 2.75) is 398 Å². The Labute approximate surface area is 451 Å². The molecule has 0 saturated carbocycles. The Morgan fingerprint density at radius 3 is 0.833 bits per heavy atom. The lowest BCUT2D eigenvalue weighted by Gasteiger charge is -2.27. The van der Waals surface area contributed by atoms with Crippen LogP contribution in [0.2, 0.25) is 0 Å². The van der Waals surface area contributed by atoms with Gasteiger partial charge in [-0.2, -0.15) is 0 Å². The number of allylic oxidation sites excluding steroid dienone is 2. The van der Waals surface area contributed by atoms with Crippen molar-refractivity contribution in [3.05, 3.63) is 12.2 Å². The molecule has 0 spiro atoms. The zero-order valence-electron chi connectivity index (χ0n) is 49.0. The largest absolute Gasteiger partial charge is 0.394 e. The predicted octanol–water partition coefficient (Wildman–Crippen LogP) is 20.0. The first-order chi connectivity index (χ1) is 35.5. The molecule has 6 nitrogen and oxygen atoms in total. The topological polar surface area (TPSA) is 110 Å². The highest BCUT2D eigenvalue weighted by molar-refractivity contribution is 5.80. The van der Waals surface area contributed by atoms with Gasteiger partial charge in [0, 0.05) is 0 Å². The zero-order chi connectivity index (χ0) is 52.3. The first-order valence-electron chi connectivity index (χ1n) is 33.1. The predicted molar refractivity (Wildman–Crippen MR) is 316 cm³/mol. The van der Waals surface area contributed by atoms with Crippen LogP contribution in [0, 0.1) is 0 Å². The van der Waals surface area contributed by atoms with E-state index in [9.17, 15) is 25.2 Å². The quantitative estimate of drug-likeness (QED) is 0.0308. The summed E-state index contributed by atoms with van der Waals surface area (Å²) in [5.74, 6) is -0.584. The van der Waals surface area contributed by atoms with Crippen LogP contribution in [0.5, 0.6) is 0 Å². The smallest absolute Gasteiger partial charge is 0.249 e. The van der Waals surface area contributed by atoms with Gasteiger partial charge in [0.15, 0.2) is 0 Å². The fourth-order valence-electron chi connectivity index (χ4n) is 10.8. The van der Waals surface area contributed by atoms with Crippen molar-refractivity contribution in [2.24, 2.45) is 0 Å². The summed E-state index contributed by atoms with van der Waals surface area (Å²) in [5, 5.41) is 44.1. The summed E-state index contributed by atoms with van der Waals surface area (Å²) in [5.41, 5.74) is 0. The number of nitrogens with one attached hydrogen (secondary N) is 1. The highest BCUT2D eigenvalue weighted by atomic mass is 16.3. The monoisotopic (exact) mass is 1020 g/mol. The van der Waals surface area contributed by atoms with E-state index in [1.165, 1.54) is 308 Å². The van der Waals surface area contributed by atoms with E-state index in [-0.39, 0.29) is 0 Å². The molecule has 4 unspecified atom stereocenters. The van der Waals surface area contributed by atoms with Gasteiger partial charge in [0.25, 0.3) is 0 Å². The number of rotatable bonds is 62. The molecule has 0 aromatic carbocycles.